The molecule has 2 N–H and O–H groups in total. The lowest BCUT2D eigenvalue weighted by molar-refractivity contribution is -0.119. The van der Waals surface area contributed by atoms with Crippen LogP contribution in [0.4, 0.5) is 23.2 Å². The van der Waals surface area contributed by atoms with E-state index < -0.39 is 18.5 Å². The Balaban J connectivity index is 2.95. The van der Waals surface area contributed by atoms with Gasteiger partial charge in [0.15, 0.2) is 0 Å². The molecule has 2 nitrogen and oxygen atoms in total. The minimum atomic E-state index is -4.31. The van der Waals surface area contributed by atoms with E-state index in [-0.39, 0.29) is 18.8 Å². The molecular formula is C12H16F4N2. The fraction of sp³-hybridized carbons (Fsp3) is 0.500. The number of nitrogens with zero attached hydrogens (tertiary/aromatic N) is 1. The van der Waals surface area contributed by atoms with Gasteiger partial charge in [-0.3, -0.25) is 0 Å². The molecule has 6 heteroatoms. The Morgan fingerprint density at radius 1 is 1.28 bits per heavy atom. The minimum Gasteiger partial charge on any atom is -0.363 e. The summed E-state index contributed by atoms with van der Waals surface area (Å²) in [4.78, 5) is 1.11. The molecular weight excluding hydrogens is 248 g/mol. The van der Waals surface area contributed by atoms with Gasteiger partial charge in [0.25, 0.3) is 0 Å². The number of hydrogen-bond acceptors (Lipinski definition) is 2. The van der Waals surface area contributed by atoms with Gasteiger partial charge < -0.3 is 10.6 Å². The lowest BCUT2D eigenvalue weighted by atomic mass is 10.1. The second-order valence-electron chi connectivity index (χ2n) is 4.02. The van der Waals surface area contributed by atoms with Crippen LogP contribution in [0, 0.1) is 5.82 Å². The van der Waals surface area contributed by atoms with Crippen LogP contribution < -0.4 is 10.6 Å². The van der Waals surface area contributed by atoms with Crippen molar-refractivity contribution in [1.29, 1.82) is 0 Å². The molecule has 0 atom stereocenters. The van der Waals surface area contributed by atoms with Crippen molar-refractivity contribution in [3.8, 4) is 0 Å². The summed E-state index contributed by atoms with van der Waals surface area (Å²) >= 11 is 0. The van der Waals surface area contributed by atoms with Gasteiger partial charge >= 0.3 is 6.18 Å². The summed E-state index contributed by atoms with van der Waals surface area (Å²) in [6.07, 6.45) is -3.76. The summed E-state index contributed by atoms with van der Waals surface area (Å²) < 4.78 is 50.7. The average molecular weight is 264 g/mol. The Kier molecular flexibility index (Phi) is 4.95. The summed E-state index contributed by atoms with van der Waals surface area (Å²) in [5.74, 6) is -0.571. The predicted molar refractivity (Wildman–Crippen MR) is 62.9 cm³/mol. The van der Waals surface area contributed by atoms with Crippen LogP contribution in [0.1, 0.15) is 18.9 Å². The van der Waals surface area contributed by atoms with Gasteiger partial charge in [0.2, 0.25) is 0 Å². The standard InChI is InChI=1S/C12H16F4N2/c1-2-5-18(8-12(14,15)16)10-4-3-9(7-17)11(13)6-10/h3-4,6H,2,5,7-8,17H2,1H3. The van der Waals surface area contributed by atoms with Gasteiger partial charge in [0, 0.05) is 24.3 Å². The Bertz CT molecular complexity index is 390. The maximum Gasteiger partial charge on any atom is 0.405 e. The number of benzene rings is 1. The maximum absolute atomic E-state index is 13.5. The second kappa shape index (κ2) is 6.04. The fourth-order valence-corrected chi connectivity index (χ4v) is 1.68. The van der Waals surface area contributed by atoms with Crippen molar-refractivity contribution >= 4 is 5.69 Å². The lowest BCUT2D eigenvalue weighted by Gasteiger charge is -2.25. The Labute approximate surface area is 103 Å². The SMILES string of the molecule is CCCN(CC(F)(F)F)c1ccc(CN)c(F)c1. The molecule has 102 valence electrons. The Hall–Kier alpha value is -1.30. The van der Waals surface area contributed by atoms with Crippen LogP contribution in [0.3, 0.4) is 0 Å². The molecule has 1 aromatic rings. The number of rotatable bonds is 5. The van der Waals surface area contributed by atoms with E-state index in [1.165, 1.54) is 12.1 Å². The Morgan fingerprint density at radius 3 is 2.39 bits per heavy atom. The first-order valence-corrected chi connectivity index (χ1v) is 5.67. The van der Waals surface area contributed by atoms with E-state index in [4.69, 9.17) is 5.73 Å². The number of nitrogens with two attached hydrogens (primary N) is 1. The van der Waals surface area contributed by atoms with Crippen molar-refractivity contribution in [2.75, 3.05) is 18.0 Å². The molecule has 0 saturated carbocycles. The number of alkyl halides is 3. The first-order chi connectivity index (χ1) is 8.37. The average Bonchev–Trinajstić information content (AvgIpc) is 2.26. The highest BCUT2D eigenvalue weighted by atomic mass is 19.4. The van der Waals surface area contributed by atoms with Crippen LogP contribution in [0.2, 0.25) is 0 Å². The third-order valence-corrected chi connectivity index (χ3v) is 2.49. The zero-order valence-corrected chi connectivity index (χ0v) is 10.1. The van der Waals surface area contributed by atoms with Crippen molar-refractivity contribution < 1.29 is 17.6 Å². The van der Waals surface area contributed by atoms with Gasteiger partial charge in [-0.2, -0.15) is 13.2 Å². The van der Waals surface area contributed by atoms with E-state index in [0.29, 0.717) is 12.0 Å². The minimum absolute atomic E-state index is 0.0269. The van der Waals surface area contributed by atoms with Crippen LogP contribution in [0.15, 0.2) is 18.2 Å². The van der Waals surface area contributed by atoms with Gasteiger partial charge in [0.1, 0.15) is 12.4 Å². The maximum atomic E-state index is 13.5. The molecule has 0 radical (unpaired) electrons. The smallest absolute Gasteiger partial charge is 0.363 e. The summed E-state index contributed by atoms with van der Waals surface area (Å²) in [6.45, 7) is 0.941. The molecule has 0 heterocycles. The van der Waals surface area contributed by atoms with Gasteiger partial charge in [-0.05, 0) is 18.6 Å². The fourth-order valence-electron chi connectivity index (χ4n) is 1.68. The quantitative estimate of drug-likeness (QED) is 0.828. The summed E-state index contributed by atoms with van der Waals surface area (Å²) in [6, 6.07) is 3.99. The van der Waals surface area contributed by atoms with E-state index in [2.05, 4.69) is 0 Å². The zero-order chi connectivity index (χ0) is 13.8. The van der Waals surface area contributed by atoms with Crippen molar-refractivity contribution in [2.45, 2.75) is 26.1 Å². The molecule has 0 fully saturated rings. The highest BCUT2D eigenvalue weighted by molar-refractivity contribution is 5.48. The molecule has 0 unspecified atom stereocenters. The first-order valence-electron chi connectivity index (χ1n) is 5.67. The molecule has 1 rings (SSSR count). The van der Waals surface area contributed by atoms with Crippen molar-refractivity contribution in [2.24, 2.45) is 5.73 Å². The Morgan fingerprint density at radius 2 is 1.94 bits per heavy atom. The van der Waals surface area contributed by atoms with Crippen LogP contribution >= 0.6 is 0 Å². The van der Waals surface area contributed by atoms with Crippen molar-refractivity contribution in [3.63, 3.8) is 0 Å². The van der Waals surface area contributed by atoms with Crippen molar-refractivity contribution in [1.82, 2.24) is 0 Å². The second-order valence-corrected chi connectivity index (χ2v) is 4.02. The third kappa shape index (κ3) is 4.18. The summed E-state index contributed by atoms with van der Waals surface area (Å²) in [5.41, 5.74) is 5.82. The van der Waals surface area contributed by atoms with E-state index in [9.17, 15) is 17.6 Å². The third-order valence-electron chi connectivity index (χ3n) is 2.49. The van der Waals surface area contributed by atoms with Crippen LogP contribution in [0.25, 0.3) is 0 Å². The van der Waals surface area contributed by atoms with Crippen LogP contribution in [0.5, 0.6) is 0 Å². The molecule has 0 aromatic heterocycles. The van der Waals surface area contributed by atoms with E-state index in [0.717, 1.165) is 11.0 Å². The summed E-state index contributed by atoms with van der Waals surface area (Å²) in [5, 5.41) is 0. The van der Waals surface area contributed by atoms with E-state index in [1.807, 2.05) is 0 Å². The topological polar surface area (TPSA) is 29.3 Å². The molecule has 0 amide bonds. The zero-order valence-electron chi connectivity index (χ0n) is 10.1. The molecule has 0 aliphatic rings. The first kappa shape index (κ1) is 14.8. The molecule has 0 saturated heterocycles. The molecule has 1 aromatic carbocycles. The number of halogens is 4. The van der Waals surface area contributed by atoms with E-state index >= 15 is 0 Å². The molecule has 0 spiro atoms. The lowest BCUT2D eigenvalue weighted by Crippen LogP contribution is -2.34. The highest BCUT2D eigenvalue weighted by Crippen LogP contribution is 2.24. The van der Waals surface area contributed by atoms with Gasteiger partial charge in [0.05, 0.1) is 0 Å². The molecule has 18 heavy (non-hydrogen) atoms. The van der Waals surface area contributed by atoms with Crippen molar-refractivity contribution in [3.05, 3.63) is 29.6 Å². The molecule has 0 aliphatic carbocycles. The monoisotopic (exact) mass is 264 g/mol. The van der Waals surface area contributed by atoms with Crippen LogP contribution in [-0.4, -0.2) is 19.3 Å². The van der Waals surface area contributed by atoms with Gasteiger partial charge in [-0.15, -0.1) is 0 Å². The van der Waals surface area contributed by atoms with E-state index in [1.54, 1.807) is 6.92 Å². The van der Waals surface area contributed by atoms with Crippen LogP contribution in [-0.2, 0) is 6.54 Å². The molecule has 0 aliphatic heterocycles. The predicted octanol–water partition coefficient (Wildman–Crippen LogP) is 3.06. The van der Waals surface area contributed by atoms with Gasteiger partial charge in [-0.1, -0.05) is 13.0 Å². The number of hydrogen-bond donors (Lipinski definition) is 1. The summed E-state index contributed by atoms with van der Waals surface area (Å²) in [7, 11) is 0. The highest BCUT2D eigenvalue weighted by Gasteiger charge is 2.30. The number of anilines is 1. The largest absolute Gasteiger partial charge is 0.405 e. The van der Waals surface area contributed by atoms with Gasteiger partial charge in [-0.25, -0.2) is 4.39 Å². The molecule has 0 bridgehead atoms. The normalized spacial score (nSPS) is 11.7.